The SMILES string of the molecule is CN(C)CC(=O)N[C@@H]1CC(C)(C)Cc2nc(N(C)Cc3ccccc3)ncc21. The molecule has 0 aliphatic heterocycles. The first-order chi connectivity index (χ1) is 13.2. The molecular weight excluding hydrogens is 350 g/mol. The summed E-state index contributed by atoms with van der Waals surface area (Å²) in [6.07, 6.45) is 3.67. The van der Waals surface area contributed by atoms with Crippen molar-refractivity contribution in [3.8, 4) is 0 Å². The van der Waals surface area contributed by atoms with E-state index >= 15 is 0 Å². The highest BCUT2D eigenvalue weighted by atomic mass is 16.2. The molecule has 0 bridgehead atoms. The number of benzene rings is 1. The first kappa shape index (κ1) is 20.3. The second-order valence-corrected chi connectivity index (χ2v) is 8.82. The molecule has 0 fully saturated rings. The minimum Gasteiger partial charge on any atom is -0.348 e. The van der Waals surface area contributed by atoms with Gasteiger partial charge in [0.2, 0.25) is 11.9 Å². The Hall–Kier alpha value is -2.47. The van der Waals surface area contributed by atoms with Gasteiger partial charge in [-0.1, -0.05) is 44.2 Å². The minimum absolute atomic E-state index is 0.0314. The Morgan fingerprint density at radius 2 is 1.93 bits per heavy atom. The van der Waals surface area contributed by atoms with Gasteiger partial charge in [0.25, 0.3) is 0 Å². The van der Waals surface area contributed by atoms with Gasteiger partial charge in [0.05, 0.1) is 18.3 Å². The molecule has 150 valence electrons. The van der Waals surface area contributed by atoms with E-state index in [2.05, 4.69) is 41.2 Å². The molecule has 1 aliphatic carbocycles. The summed E-state index contributed by atoms with van der Waals surface area (Å²) in [6, 6.07) is 10.3. The molecular formula is C22H31N5O. The Bertz CT molecular complexity index is 819. The molecule has 0 unspecified atom stereocenters. The van der Waals surface area contributed by atoms with Crippen LogP contribution in [0.3, 0.4) is 0 Å². The number of carbonyl (C=O) groups is 1. The summed E-state index contributed by atoms with van der Waals surface area (Å²) in [7, 11) is 5.81. The molecule has 1 aromatic carbocycles. The minimum atomic E-state index is -0.0420. The molecule has 1 heterocycles. The summed E-state index contributed by atoms with van der Waals surface area (Å²) in [5.74, 6) is 0.752. The monoisotopic (exact) mass is 381 g/mol. The second-order valence-electron chi connectivity index (χ2n) is 8.82. The molecule has 0 saturated carbocycles. The fourth-order valence-electron chi connectivity index (χ4n) is 3.80. The van der Waals surface area contributed by atoms with Gasteiger partial charge >= 0.3 is 0 Å². The molecule has 1 aromatic heterocycles. The van der Waals surface area contributed by atoms with Crippen LogP contribution in [0, 0.1) is 5.41 Å². The molecule has 28 heavy (non-hydrogen) atoms. The highest BCUT2D eigenvalue weighted by Crippen LogP contribution is 2.40. The third-order valence-corrected chi connectivity index (χ3v) is 5.06. The van der Waals surface area contributed by atoms with Gasteiger partial charge in [0, 0.05) is 25.4 Å². The molecule has 6 nitrogen and oxygen atoms in total. The number of hydrogen-bond donors (Lipinski definition) is 1. The maximum atomic E-state index is 12.3. The number of aromatic nitrogens is 2. The smallest absolute Gasteiger partial charge is 0.234 e. The van der Waals surface area contributed by atoms with Crippen LogP contribution in [0.1, 0.15) is 43.1 Å². The lowest BCUT2D eigenvalue weighted by Crippen LogP contribution is -2.40. The lowest BCUT2D eigenvalue weighted by Gasteiger charge is -2.37. The highest BCUT2D eigenvalue weighted by Gasteiger charge is 2.34. The van der Waals surface area contributed by atoms with Crippen molar-refractivity contribution in [2.24, 2.45) is 5.41 Å². The summed E-state index contributed by atoms with van der Waals surface area (Å²) < 4.78 is 0. The molecule has 1 N–H and O–H groups in total. The Morgan fingerprint density at radius 1 is 1.21 bits per heavy atom. The van der Waals surface area contributed by atoms with Gasteiger partial charge in [0.15, 0.2) is 0 Å². The fourth-order valence-corrected chi connectivity index (χ4v) is 3.80. The maximum absolute atomic E-state index is 12.3. The van der Waals surface area contributed by atoms with Gasteiger partial charge < -0.3 is 15.1 Å². The summed E-state index contributed by atoms with van der Waals surface area (Å²) in [4.78, 5) is 25.7. The Morgan fingerprint density at radius 3 is 2.61 bits per heavy atom. The largest absolute Gasteiger partial charge is 0.348 e. The van der Waals surface area contributed by atoms with Gasteiger partial charge in [0.1, 0.15) is 0 Å². The quantitative estimate of drug-likeness (QED) is 0.834. The predicted molar refractivity (Wildman–Crippen MR) is 112 cm³/mol. The number of hydrogen-bond acceptors (Lipinski definition) is 5. The molecule has 2 aromatic rings. The van der Waals surface area contributed by atoms with Crippen molar-refractivity contribution in [1.82, 2.24) is 20.2 Å². The molecule has 6 heteroatoms. The summed E-state index contributed by atoms with van der Waals surface area (Å²) >= 11 is 0. The van der Waals surface area contributed by atoms with Crippen LogP contribution in [-0.4, -0.2) is 48.5 Å². The van der Waals surface area contributed by atoms with E-state index in [1.165, 1.54) is 5.56 Å². The molecule has 3 rings (SSSR count). The van der Waals surface area contributed by atoms with E-state index in [4.69, 9.17) is 4.98 Å². The van der Waals surface area contributed by atoms with Crippen LogP contribution >= 0.6 is 0 Å². The van der Waals surface area contributed by atoms with Crippen molar-refractivity contribution in [3.05, 3.63) is 53.3 Å². The standard InChI is InChI=1S/C22H31N5O/c1-22(2)11-18(24-20(28)15-26(3)4)17-13-23-21(25-19(17)12-22)27(5)14-16-9-7-6-8-10-16/h6-10,13,18H,11-12,14-15H2,1-5H3,(H,24,28)/t18-/m1/s1. The number of carbonyl (C=O) groups excluding carboxylic acids is 1. The van der Waals surface area contributed by atoms with Crippen molar-refractivity contribution in [2.75, 3.05) is 32.6 Å². The molecule has 0 radical (unpaired) electrons. The van der Waals surface area contributed by atoms with Gasteiger partial charge in [-0.3, -0.25) is 4.79 Å². The van der Waals surface area contributed by atoms with E-state index in [0.29, 0.717) is 6.54 Å². The van der Waals surface area contributed by atoms with Crippen LogP contribution in [0.2, 0.25) is 0 Å². The number of rotatable bonds is 6. The Labute approximate surface area is 168 Å². The van der Waals surface area contributed by atoms with Crippen LogP contribution in [-0.2, 0) is 17.8 Å². The van der Waals surface area contributed by atoms with Crippen molar-refractivity contribution in [3.63, 3.8) is 0 Å². The first-order valence-electron chi connectivity index (χ1n) is 9.78. The van der Waals surface area contributed by atoms with Crippen molar-refractivity contribution < 1.29 is 4.79 Å². The average molecular weight is 382 g/mol. The van der Waals surface area contributed by atoms with E-state index in [0.717, 1.165) is 36.6 Å². The lowest BCUT2D eigenvalue weighted by molar-refractivity contribution is -0.122. The van der Waals surface area contributed by atoms with Crippen LogP contribution in [0.15, 0.2) is 36.5 Å². The van der Waals surface area contributed by atoms with Gasteiger partial charge in [-0.25, -0.2) is 9.97 Å². The van der Waals surface area contributed by atoms with Gasteiger partial charge in [-0.2, -0.15) is 0 Å². The molecule has 0 spiro atoms. The normalized spacial score (nSPS) is 17.9. The topological polar surface area (TPSA) is 61.4 Å². The molecule has 1 amide bonds. The third-order valence-electron chi connectivity index (χ3n) is 5.06. The number of nitrogens with one attached hydrogen (secondary N) is 1. The van der Waals surface area contributed by atoms with Crippen molar-refractivity contribution in [1.29, 1.82) is 0 Å². The predicted octanol–water partition coefficient (Wildman–Crippen LogP) is 2.80. The summed E-state index contributed by atoms with van der Waals surface area (Å²) in [5, 5.41) is 3.18. The average Bonchev–Trinajstić information content (AvgIpc) is 2.60. The zero-order valence-electron chi connectivity index (χ0n) is 17.6. The van der Waals surface area contributed by atoms with E-state index in [9.17, 15) is 4.79 Å². The Balaban J connectivity index is 1.81. The number of nitrogens with zero attached hydrogens (tertiary/aromatic N) is 4. The highest BCUT2D eigenvalue weighted by molar-refractivity contribution is 5.78. The van der Waals surface area contributed by atoms with E-state index < -0.39 is 0 Å². The number of anilines is 1. The summed E-state index contributed by atoms with van der Waals surface area (Å²) in [5.41, 5.74) is 3.38. The first-order valence-corrected chi connectivity index (χ1v) is 9.78. The lowest BCUT2D eigenvalue weighted by atomic mass is 9.74. The molecule has 1 atom stereocenters. The van der Waals surface area contributed by atoms with Crippen molar-refractivity contribution >= 4 is 11.9 Å². The maximum Gasteiger partial charge on any atom is 0.234 e. The zero-order chi connectivity index (χ0) is 20.3. The van der Waals surface area contributed by atoms with Crippen LogP contribution in [0.5, 0.6) is 0 Å². The third kappa shape index (κ3) is 5.07. The van der Waals surface area contributed by atoms with Gasteiger partial charge in [-0.05, 0) is 37.9 Å². The number of likely N-dealkylation sites (N-methyl/N-ethyl adjacent to an activating group) is 1. The zero-order valence-corrected chi connectivity index (χ0v) is 17.6. The van der Waals surface area contributed by atoms with Crippen LogP contribution < -0.4 is 10.2 Å². The second kappa shape index (κ2) is 8.27. The summed E-state index contributed by atoms with van der Waals surface area (Å²) in [6.45, 7) is 5.60. The Kier molecular flexibility index (Phi) is 5.98. The van der Waals surface area contributed by atoms with Crippen LogP contribution in [0.25, 0.3) is 0 Å². The number of fused-ring (bicyclic) bond motifs is 1. The van der Waals surface area contributed by atoms with E-state index in [-0.39, 0.29) is 17.4 Å². The van der Waals surface area contributed by atoms with E-state index in [1.54, 1.807) is 0 Å². The van der Waals surface area contributed by atoms with Crippen molar-refractivity contribution in [2.45, 2.75) is 39.3 Å². The molecule has 1 aliphatic rings. The van der Waals surface area contributed by atoms with E-state index in [1.807, 2.05) is 50.4 Å². The molecule has 0 saturated heterocycles. The van der Waals surface area contributed by atoms with Gasteiger partial charge in [-0.15, -0.1) is 0 Å². The fraction of sp³-hybridized carbons (Fsp3) is 0.500. The van der Waals surface area contributed by atoms with Crippen LogP contribution in [0.4, 0.5) is 5.95 Å². The number of amides is 1.